The lowest BCUT2D eigenvalue weighted by atomic mass is 9.97. The first-order valence-corrected chi connectivity index (χ1v) is 21.4. The van der Waals surface area contributed by atoms with Crippen molar-refractivity contribution in [3.63, 3.8) is 0 Å². The summed E-state index contributed by atoms with van der Waals surface area (Å²) < 4.78 is 5.04. The van der Waals surface area contributed by atoms with Crippen molar-refractivity contribution in [2.75, 3.05) is 0 Å². The van der Waals surface area contributed by atoms with Crippen LogP contribution >= 0.6 is 11.3 Å². The zero-order chi connectivity index (χ0) is 40.9. The van der Waals surface area contributed by atoms with Gasteiger partial charge in [0.1, 0.15) is 0 Å². The van der Waals surface area contributed by atoms with Crippen LogP contribution in [0.4, 0.5) is 0 Å². The lowest BCUT2D eigenvalue weighted by molar-refractivity contribution is 1.17. The Balaban J connectivity index is 1.15. The summed E-state index contributed by atoms with van der Waals surface area (Å²) in [4.78, 5) is 10.2. The van der Waals surface area contributed by atoms with Crippen molar-refractivity contribution < 1.29 is 0 Å². The van der Waals surface area contributed by atoms with E-state index in [-0.39, 0.29) is 0 Å². The first-order valence-electron chi connectivity index (χ1n) is 20.6. The fourth-order valence-electron chi connectivity index (χ4n) is 8.73. The maximum absolute atomic E-state index is 5.13. The van der Waals surface area contributed by atoms with Crippen molar-refractivity contribution in [2.45, 2.75) is 6.92 Å². The quantitative estimate of drug-likeness (QED) is 0.143. The van der Waals surface area contributed by atoms with E-state index in [1.807, 2.05) is 54.7 Å². The molecule has 4 heteroatoms. The van der Waals surface area contributed by atoms with E-state index in [1.165, 1.54) is 58.4 Å². The number of hydrogen-bond donors (Lipinski definition) is 0. The molecule has 0 atom stereocenters. The maximum atomic E-state index is 5.13. The number of thiophene rings is 1. The molecule has 0 aliphatic carbocycles. The van der Waals surface area contributed by atoms with Crippen molar-refractivity contribution in [1.82, 2.24) is 14.5 Å². The Morgan fingerprint density at radius 2 is 1.15 bits per heavy atom. The number of fused-ring (bicyclic) bond motifs is 10. The third-order valence-corrected chi connectivity index (χ3v) is 12.8. The van der Waals surface area contributed by atoms with E-state index in [9.17, 15) is 0 Å². The molecule has 3 heterocycles. The summed E-state index contributed by atoms with van der Waals surface area (Å²) in [5, 5.41) is 7.54. The summed E-state index contributed by atoms with van der Waals surface area (Å²) in [6.07, 6.45) is 8.23. The molecule has 8 aromatic carbocycles. The first-order chi connectivity index (χ1) is 30.1. The monoisotopic (exact) mass is 797 g/mol. The molecule has 0 amide bonds. The predicted molar refractivity (Wildman–Crippen MR) is 261 cm³/mol. The highest BCUT2D eigenvalue weighted by atomic mass is 32.1. The summed E-state index contributed by atoms with van der Waals surface area (Å²) in [5.74, 6) is 0.705. The number of allylic oxidation sites excluding steroid dienone is 5. The standard InChI is InChI=1S/C57H39N3S/c1-3-4-8-17-37(2)42-28-32-51-47(34-42)54-55(46-25-16-15-24-45(46)53-48-35-43(38-18-9-5-10-19-38)29-33-52(48)61-56(53)54)60(51)44-30-26-40(27-31-44)50-36-49(39-20-11-6-12-21-39)58-57(59-50)41-22-13-7-14-23-41/h3-36H,2H2,1H3/b4-3-,17-8-. The van der Waals surface area contributed by atoms with E-state index >= 15 is 0 Å². The van der Waals surface area contributed by atoms with Crippen LogP contribution in [-0.2, 0) is 0 Å². The minimum atomic E-state index is 0.705. The fourth-order valence-corrected chi connectivity index (χ4v) is 9.99. The van der Waals surface area contributed by atoms with Gasteiger partial charge in [-0.2, -0.15) is 0 Å². The van der Waals surface area contributed by atoms with Crippen LogP contribution in [0.1, 0.15) is 12.5 Å². The Labute approximate surface area is 358 Å². The second kappa shape index (κ2) is 15.2. The van der Waals surface area contributed by atoms with Crippen molar-refractivity contribution in [2.24, 2.45) is 0 Å². The molecule has 3 aromatic heterocycles. The van der Waals surface area contributed by atoms with E-state index in [2.05, 4.69) is 181 Å². The van der Waals surface area contributed by atoms with Gasteiger partial charge in [-0.1, -0.05) is 170 Å². The summed E-state index contributed by atoms with van der Waals surface area (Å²) in [7, 11) is 0. The Bertz CT molecular complexity index is 3460. The van der Waals surface area contributed by atoms with Crippen molar-refractivity contribution >= 4 is 69.7 Å². The average Bonchev–Trinajstić information content (AvgIpc) is 3.88. The molecule has 0 aliphatic rings. The Kier molecular flexibility index (Phi) is 9.06. The zero-order valence-electron chi connectivity index (χ0n) is 33.6. The Hall–Kier alpha value is -7.66. The highest BCUT2D eigenvalue weighted by Crippen LogP contribution is 2.49. The van der Waals surface area contributed by atoms with Crippen LogP contribution in [0, 0.1) is 0 Å². The molecule has 0 radical (unpaired) electrons. The van der Waals surface area contributed by atoms with E-state index in [0.29, 0.717) is 5.82 Å². The molecule has 11 rings (SSSR count). The Morgan fingerprint density at radius 3 is 1.85 bits per heavy atom. The van der Waals surface area contributed by atoms with Crippen molar-refractivity contribution in [1.29, 1.82) is 0 Å². The van der Waals surface area contributed by atoms with E-state index in [1.54, 1.807) is 0 Å². The third-order valence-electron chi connectivity index (χ3n) is 11.7. The van der Waals surface area contributed by atoms with Gasteiger partial charge in [-0.3, -0.25) is 0 Å². The third kappa shape index (κ3) is 6.37. The fraction of sp³-hybridized carbons (Fsp3) is 0.0175. The van der Waals surface area contributed by atoms with Gasteiger partial charge in [0.25, 0.3) is 0 Å². The maximum Gasteiger partial charge on any atom is 0.160 e. The second-order valence-electron chi connectivity index (χ2n) is 15.4. The molecule has 0 unspecified atom stereocenters. The van der Waals surface area contributed by atoms with Crippen LogP contribution in [-0.4, -0.2) is 14.5 Å². The van der Waals surface area contributed by atoms with Crippen molar-refractivity contribution in [3.05, 3.63) is 218 Å². The molecule has 0 aliphatic heterocycles. The van der Waals surface area contributed by atoms with Gasteiger partial charge in [0.15, 0.2) is 5.82 Å². The lowest BCUT2D eigenvalue weighted by Crippen LogP contribution is -1.97. The average molecular weight is 798 g/mol. The van der Waals surface area contributed by atoms with Crippen LogP contribution < -0.4 is 0 Å². The van der Waals surface area contributed by atoms with Gasteiger partial charge in [-0.25, -0.2) is 9.97 Å². The largest absolute Gasteiger partial charge is 0.309 e. The summed E-state index contributed by atoms with van der Waals surface area (Å²) in [6, 6.07) is 65.0. The molecule has 0 N–H and O–H groups in total. The van der Waals surface area contributed by atoms with E-state index in [0.717, 1.165) is 50.4 Å². The SMILES string of the molecule is C=C(/C=C\C=C/C)c1ccc2c(c1)c1c3sc4ccc(-c5ccccc5)cc4c3c3ccccc3c1n2-c1ccc(-c2cc(-c3ccccc3)nc(-c3ccccc3)n2)cc1. The highest BCUT2D eigenvalue weighted by Gasteiger charge is 2.23. The number of rotatable bonds is 8. The molecule has 0 fully saturated rings. The summed E-state index contributed by atoms with van der Waals surface area (Å²) >= 11 is 1.89. The van der Waals surface area contributed by atoms with Crippen LogP contribution in [0.2, 0.25) is 0 Å². The molecule has 3 nitrogen and oxygen atoms in total. The minimum absolute atomic E-state index is 0.705. The van der Waals surface area contributed by atoms with Crippen LogP contribution in [0.5, 0.6) is 0 Å². The van der Waals surface area contributed by atoms with E-state index in [4.69, 9.17) is 9.97 Å². The molecule has 11 aromatic rings. The molecule has 0 saturated carbocycles. The summed E-state index contributed by atoms with van der Waals surface area (Å²) in [5.41, 5.74) is 12.8. The lowest BCUT2D eigenvalue weighted by Gasteiger charge is -2.13. The minimum Gasteiger partial charge on any atom is -0.309 e. The predicted octanol–water partition coefficient (Wildman–Crippen LogP) is 15.9. The normalized spacial score (nSPS) is 12.0. The zero-order valence-corrected chi connectivity index (χ0v) is 34.4. The summed E-state index contributed by atoms with van der Waals surface area (Å²) in [6.45, 7) is 6.52. The van der Waals surface area contributed by atoms with Gasteiger partial charge in [0.05, 0.1) is 22.4 Å². The van der Waals surface area contributed by atoms with Gasteiger partial charge in [0.2, 0.25) is 0 Å². The molecule has 0 saturated heterocycles. The number of benzene rings is 8. The number of nitrogens with zero attached hydrogens (tertiary/aromatic N) is 3. The molecule has 0 spiro atoms. The first kappa shape index (κ1) is 36.4. The van der Waals surface area contributed by atoms with Crippen LogP contribution in [0.15, 0.2) is 213 Å². The molecular formula is C57H39N3S. The number of aromatic nitrogens is 3. The molecule has 0 bridgehead atoms. The topological polar surface area (TPSA) is 30.7 Å². The number of hydrogen-bond acceptors (Lipinski definition) is 3. The van der Waals surface area contributed by atoms with Gasteiger partial charge >= 0.3 is 0 Å². The smallest absolute Gasteiger partial charge is 0.160 e. The highest BCUT2D eigenvalue weighted by molar-refractivity contribution is 7.27. The molecular weight excluding hydrogens is 759 g/mol. The Morgan fingerprint density at radius 1 is 0.525 bits per heavy atom. The van der Waals surface area contributed by atoms with Crippen molar-refractivity contribution in [3.8, 4) is 50.7 Å². The molecule has 61 heavy (non-hydrogen) atoms. The van der Waals surface area contributed by atoms with Gasteiger partial charge in [-0.15, -0.1) is 11.3 Å². The van der Waals surface area contributed by atoms with Gasteiger partial charge in [0, 0.05) is 58.7 Å². The van der Waals surface area contributed by atoms with Crippen LogP contribution in [0.25, 0.3) is 109 Å². The molecule has 288 valence electrons. The van der Waals surface area contributed by atoms with Crippen LogP contribution in [0.3, 0.4) is 0 Å². The van der Waals surface area contributed by atoms with Gasteiger partial charge < -0.3 is 4.57 Å². The van der Waals surface area contributed by atoms with Gasteiger partial charge in [-0.05, 0) is 77.0 Å². The second-order valence-corrected chi connectivity index (χ2v) is 16.4. The van der Waals surface area contributed by atoms with E-state index < -0.39 is 0 Å².